The minimum absolute atomic E-state index is 0.0336. The van der Waals surface area contributed by atoms with Gasteiger partial charge < -0.3 is 29.8 Å². The maximum Gasteiger partial charge on any atom is 0.407 e. The third kappa shape index (κ3) is 7.79. The summed E-state index contributed by atoms with van der Waals surface area (Å²) in [7, 11) is 4.42. The number of hydrogen-bond donors (Lipinski definition) is 3. The van der Waals surface area contributed by atoms with Crippen LogP contribution in [-0.2, 0) is 27.3 Å². The number of methoxy groups -OCH3 is 1. The van der Waals surface area contributed by atoms with Gasteiger partial charge >= 0.3 is 6.09 Å². The summed E-state index contributed by atoms with van der Waals surface area (Å²) < 4.78 is 20.1. The molecule has 0 bridgehead atoms. The molecule has 0 aliphatic carbocycles. The predicted octanol–water partition coefficient (Wildman–Crippen LogP) is 3.56. The van der Waals surface area contributed by atoms with Crippen LogP contribution in [0.3, 0.4) is 0 Å². The number of fused-ring (bicyclic) bond motifs is 1. The number of alkyl carbamates (subject to hydrolysis) is 1. The zero-order valence-corrected chi connectivity index (χ0v) is 22.5. The van der Waals surface area contributed by atoms with E-state index < -0.39 is 23.6 Å². The Labute approximate surface area is 225 Å². The summed E-state index contributed by atoms with van der Waals surface area (Å²) in [4.78, 5) is 54.4. The van der Waals surface area contributed by atoms with Gasteiger partial charge in [-0.1, -0.05) is 19.4 Å². The second-order valence-corrected chi connectivity index (χ2v) is 9.32. The van der Waals surface area contributed by atoms with Gasteiger partial charge in [-0.05, 0) is 61.2 Å². The van der Waals surface area contributed by atoms with Crippen LogP contribution in [0.5, 0.6) is 0 Å². The number of pyridine rings is 1. The van der Waals surface area contributed by atoms with Crippen LogP contribution in [0.1, 0.15) is 37.4 Å². The van der Waals surface area contributed by atoms with E-state index >= 15 is 0 Å². The zero-order chi connectivity index (χ0) is 28.5. The summed E-state index contributed by atoms with van der Waals surface area (Å²) in [6, 6.07) is 6.86. The molecule has 3 rings (SSSR count). The first kappa shape index (κ1) is 29.2. The molecule has 0 fully saturated rings. The molecule has 39 heavy (non-hydrogen) atoms. The molecule has 3 aromatic rings. The lowest BCUT2D eigenvalue weighted by Gasteiger charge is -2.17. The Hall–Kier alpha value is -4.41. The molecule has 1 atom stereocenters. The van der Waals surface area contributed by atoms with Gasteiger partial charge in [0.25, 0.3) is 5.56 Å². The summed E-state index contributed by atoms with van der Waals surface area (Å²) in [6.45, 7) is 2.20. The monoisotopic (exact) mass is 539 g/mol. The minimum atomic E-state index is -1.01. The Bertz CT molecular complexity index is 1430. The summed E-state index contributed by atoms with van der Waals surface area (Å²) >= 11 is 0. The highest BCUT2D eigenvalue weighted by Crippen LogP contribution is 2.23. The van der Waals surface area contributed by atoms with Crippen molar-refractivity contribution in [1.82, 2.24) is 19.8 Å². The molecule has 0 aliphatic rings. The number of benzene rings is 1. The largest absolute Gasteiger partial charge is 0.453 e. The number of nitrogens with zero attached hydrogens (tertiary/aromatic N) is 2. The summed E-state index contributed by atoms with van der Waals surface area (Å²) in [5, 5.41) is 5.78. The highest BCUT2D eigenvalue weighted by atomic mass is 19.1. The fraction of sp³-hybridized carbons (Fsp3) is 0.357. The molecule has 0 aliphatic heterocycles. The van der Waals surface area contributed by atoms with Gasteiger partial charge in [-0.15, -0.1) is 0 Å². The second kappa shape index (κ2) is 13.4. The van der Waals surface area contributed by atoms with Gasteiger partial charge in [-0.25, -0.2) is 9.18 Å². The molecular formula is C28H34FN5O5. The third-order valence-electron chi connectivity index (χ3n) is 6.09. The van der Waals surface area contributed by atoms with E-state index in [0.29, 0.717) is 12.1 Å². The van der Waals surface area contributed by atoms with E-state index in [2.05, 4.69) is 20.4 Å². The van der Waals surface area contributed by atoms with E-state index in [0.717, 1.165) is 29.3 Å². The molecule has 10 nitrogen and oxygen atoms in total. The molecule has 2 aromatic heterocycles. The fourth-order valence-electron chi connectivity index (χ4n) is 4.11. The van der Waals surface area contributed by atoms with Gasteiger partial charge in [0.15, 0.2) is 0 Å². The van der Waals surface area contributed by atoms with Crippen LogP contribution in [0.15, 0.2) is 53.5 Å². The highest BCUT2D eigenvalue weighted by Gasteiger charge is 2.22. The van der Waals surface area contributed by atoms with Gasteiger partial charge in [-0.2, -0.15) is 0 Å². The standard InChI is InChI=1S/C28H34FN5O5/c1-5-9-18-14-20(29)15-19-16-21(30-25(18)19)17-34-13-8-11-23(27(34)37)31-26(36)22(32-28(38)39-4)10-6-7-12-24(35)33(2)3/h7-8,11-16,22,30H,5-6,9-10,17H2,1-4H3,(H,31,36)(H,32,38)/b12-7+/t22-/m0/s1. The molecule has 11 heteroatoms. The van der Waals surface area contributed by atoms with Crippen LogP contribution in [0.4, 0.5) is 14.9 Å². The number of amides is 3. The molecule has 3 amide bonds. The normalized spacial score (nSPS) is 11.9. The maximum absolute atomic E-state index is 14.1. The topological polar surface area (TPSA) is 126 Å². The van der Waals surface area contributed by atoms with Crippen molar-refractivity contribution in [3.63, 3.8) is 0 Å². The van der Waals surface area contributed by atoms with E-state index in [1.807, 2.05) is 6.92 Å². The first-order valence-corrected chi connectivity index (χ1v) is 12.7. The molecule has 0 radical (unpaired) electrons. The fourth-order valence-corrected chi connectivity index (χ4v) is 4.11. The Morgan fingerprint density at radius 3 is 2.69 bits per heavy atom. The number of hydrogen-bond acceptors (Lipinski definition) is 5. The van der Waals surface area contributed by atoms with Gasteiger partial charge in [0, 0.05) is 36.9 Å². The first-order chi connectivity index (χ1) is 18.6. The molecule has 1 aromatic carbocycles. The molecule has 0 saturated heterocycles. The highest BCUT2D eigenvalue weighted by molar-refractivity contribution is 5.96. The number of ether oxygens (including phenoxy) is 1. The van der Waals surface area contributed by atoms with Crippen molar-refractivity contribution in [2.24, 2.45) is 0 Å². The van der Waals surface area contributed by atoms with E-state index in [9.17, 15) is 23.6 Å². The molecule has 208 valence electrons. The Morgan fingerprint density at radius 1 is 1.23 bits per heavy atom. The number of aromatic amines is 1. The first-order valence-electron chi connectivity index (χ1n) is 12.7. The molecule has 0 saturated carbocycles. The van der Waals surface area contributed by atoms with Crippen molar-refractivity contribution in [1.29, 1.82) is 0 Å². The van der Waals surface area contributed by atoms with Crippen molar-refractivity contribution in [3.05, 3.63) is 76.1 Å². The average Bonchev–Trinajstić information content (AvgIpc) is 3.30. The number of allylic oxidation sites excluding steroid dienone is 1. The maximum atomic E-state index is 14.1. The van der Waals surface area contributed by atoms with Crippen molar-refractivity contribution in [2.75, 3.05) is 26.5 Å². The van der Waals surface area contributed by atoms with Crippen molar-refractivity contribution < 1.29 is 23.5 Å². The van der Waals surface area contributed by atoms with Crippen molar-refractivity contribution in [2.45, 2.75) is 45.2 Å². The quantitative estimate of drug-likeness (QED) is 0.321. The van der Waals surface area contributed by atoms with Gasteiger partial charge in [0.05, 0.1) is 13.7 Å². The predicted molar refractivity (Wildman–Crippen MR) is 147 cm³/mol. The van der Waals surface area contributed by atoms with E-state index in [1.54, 1.807) is 38.5 Å². The van der Waals surface area contributed by atoms with Crippen molar-refractivity contribution >= 4 is 34.5 Å². The number of likely N-dealkylation sites (N-methyl/N-ethyl adjacent to an activating group) is 1. The lowest BCUT2D eigenvalue weighted by atomic mass is 10.1. The molecule has 2 heterocycles. The summed E-state index contributed by atoms with van der Waals surface area (Å²) in [5.41, 5.74) is 2.01. The molecule has 0 spiro atoms. The number of aryl methyl sites for hydroxylation is 1. The van der Waals surface area contributed by atoms with E-state index in [4.69, 9.17) is 0 Å². The third-order valence-corrected chi connectivity index (χ3v) is 6.09. The Kier molecular flexibility index (Phi) is 10.0. The van der Waals surface area contributed by atoms with Gasteiger partial charge in [0.1, 0.15) is 17.5 Å². The van der Waals surface area contributed by atoms with Crippen LogP contribution in [0, 0.1) is 5.82 Å². The number of carbonyl (C=O) groups excluding carboxylic acids is 3. The number of halogens is 1. The number of nitrogens with one attached hydrogen (secondary N) is 3. The summed E-state index contributed by atoms with van der Waals surface area (Å²) in [6.07, 6.45) is 5.86. The van der Waals surface area contributed by atoms with Crippen LogP contribution in [-0.4, -0.2) is 59.6 Å². The van der Waals surface area contributed by atoms with Crippen LogP contribution >= 0.6 is 0 Å². The van der Waals surface area contributed by atoms with Crippen LogP contribution in [0.25, 0.3) is 10.9 Å². The zero-order valence-electron chi connectivity index (χ0n) is 22.5. The van der Waals surface area contributed by atoms with Crippen LogP contribution < -0.4 is 16.2 Å². The van der Waals surface area contributed by atoms with Crippen LogP contribution in [0.2, 0.25) is 0 Å². The summed E-state index contributed by atoms with van der Waals surface area (Å²) in [5.74, 6) is -1.12. The average molecular weight is 540 g/mol. The number of carbonyl (C=O) groups is 3. The minimum Gasteiger partial charge on any atom is -0.453 e. The lowest BCUT2D eigenvalue weighted by Crippen LogP contribution is -2.44. The molecular weight excluding hydrogens is 505 g/mol. The SMILES string of the molecule is CCCc1cc(F)cc2cc(Cn3cccc(NC(=O)[C@H](CC/C=C/C(=O)N(C)C)NC(=O)OC)c3=O)[nH]c12. The Morgan fingerprint density at radius 2 is 2.00 bits per heavy atom. The number of rotatable bonds is 11. The molecule has 3 N–H and O–H groups in total. The van der Waals surface area contributed by atoms with Crippen molar-refractivity contribution in [3.8, 4) is 0 Å². The lowest BCUT2D eigenvalue weighted by molar-refractivity contribution is -0.123. The number of aromatic nitrogens is 2. The smallest absolute Gasteiger partial charge is 0.407 e. The van der Waals surface area contributed by atoms with E-state index in [-0.39, 0.29) is 30.4 Å². The molecule has 0 unspecified atom stereocenters. The van der Waals surface area contributed by atoms with Gasteiger partial charge in [-0.3, -0.25) is 14.4 Å². The van der Waals surface area contributed by atoms with Gasteiger partial charge in [0.2, 0.25) is 11.8 Å². The number of anilines is 1. The second-order valence-electron chi connectivity index (χ2n) is 9.32. The Balaban J connectivity index is 1.77. The number of H-pyrrole nitrogens is 1. The van der Waals surface area contributed by atoms with E-state index in [1.165, 1.54) is 40.9 Å².